The molecule has 0 saturated carbocycles. The molecule has 0 aliphatic carbocycles. The number of allylic oxidation sites excluding steroid dienone is 3. The van der Waals surface area contributed by atoms with Crippen LogP contribution in [0.2, 0.25) is 0 Å². The van der Waals surface area contributed by atoms with Crippen LogP contribution < -0.4 is 16.0 Å². The summed E-state index contributed by atoms with van der Waals surface area (Å²) in [5, 5.41) is 8.61. The van der Waals surface area contributed by atoms with Crippen molar-refractivity contribution in [1.29, 1.82) is 0 Å². The van der Waals surface area contributed by atoms with Crippen molar-refractivity contribution in [2.45, 2.75) is 17.4 Å². The maximum absolute atomic E-state index is 12.3. The molecular weight excluding hydrogens is 332 g/mol. The van der Waals surface area contributed by atoms with Crippen LogP contribution in [0.4, 0.5) is 0 Å². The molecule has 24 heavy (non-hydrogen) atoms. The first-order chi connectivity index (χ1) is 11.2. The number of nitrogens with one attached hydrogen (secondary N) is 1. The summed E-state index contributed by atoms with van der Waals surface area (Å²) in [6.45, 7) is 8.35. The van der Waals surface area contributed by atoms with Gasteiger partial charge in [0.05, 0.1) is 10.6 Å². The molecule has 0 fully saturated rings. The zero-order valence-electron chi connectivity index (χ0n) is 13.2. The van der Waals surface area contributed by atoms with Gasteiger partial charge >= 0.3 is 0 Å². The van der Waals surface area contributed by atoms with Gasteiger partial charge in [-0.15, -0.1) is 0 Å². The minimum atomic E-state index is -3.84. The summed E-state index contributed by atoms with van der Waals surface area (Å²) in [4.78, 5) is 11.4. The van der Waals surface area contributed by atoms with Gasteiger partial charge in [-0.1, -0.05) is 19.2 Å². The van der Waals surface area contributed by atoms with Crippen molar-refractivity contribution in [2.24, 2.45) is 5.73 Å². The van der Waals surface area contributed by atoms with Crippen LogP contribution in [0.15, 0.2) is 66.3 Å². The van der Waals surface area contributed by atoms with Gasteiger partial charge in [-0.05, 0) is 43.3 Å². The molecule has 0 saturated heterocycles. The van der Waals surface area contributed by atoms with Crippen LogP contribution in [0.1, 0.15) is 6.92 Å². The Morgan fingerprint density at radius 1 is 1.38 bits per heavy atom. The van der Waals surface area contributed by atoms with E-state index in [1.807, 2.05) is 0 Å². The van der Waals surface area contributed by atoms with Gasteiger partial charge in [-0.3, -0.25) is 10.0 Å². The summed E-state index contributed by atoms with van der Waals surface area (Å²) < 4.78 is 30.2. The fourth-order valence-corrected chi connectivity index (χ4v) is 3.42. The minimum Gasteiger partial charge on any atom is -0.457 e. The third kappa shape index (κ3) is 5.05. The molecule has 0 heterocycles. The number of ether oxygens (including phenoxy) is 1. The number of amides is 1. The lowest BCUT2D eigenvalue weighted by atomic mass is 10.1. The van der Waals surface area contributed by atoms with Crippen molar-refractivity contribution in [3.05, 3.63) is 61.4 Å². The number of carbonyl (C=O) groups is 1. The van der Waals surface area contributed by atoms with Crippen LogP contribution in [0, 0.1) is 0 Å². The maximum atomic E-state index is 12.3. The first kappa shape index (κ1) is 19.6. The number of rotatable bonds is 8. The van der Waals surface area contributed by atoms with Crippen molar-refractivity contribution in [1.82, 2.24) is 5.48 Å². The van der Waals surface area contributed by atoms with E-state index in [0.717, 1.165) is 0 Å². The van der Waals surface area contributed by atoms with Gasteiger partial charge < -0.3 is 10.5 Å². The van der Waals surface area contributed by atoms with E-state index in [1.54, 1.807) is 6.08 Å². The van der Waals surface area contributed by atoms with Crippen LogP contribution in [-0.4, -0.2) is 30.8 Å². The molecule has 4 N–H and O–H groups in total. The van der Waals surface area contributed by atoms with E-state index >= 15 is 0 Å². The molecular formula is C16H20N2O5S. The molecule has 1 amide bonds. The topological polar surface area (TPSA) is 119 Å². The van der Waals surface area contributed by atoms with Crippen LogP contribution in [-0.2, 0) is 14.6 Å². The molecule has 8 heteroatoms. The molecule has 0 radical (unpaired) electrons. The highest BCUT2D eigenvalue weighted by Crippen LogP contribution is 2.21. The van der Waals surface area contributed by atoms with Gasteiger partial charge in [-0.25, -0.2) is 13.9 Å². The Bertz CT molecular complexity index is 749. The summed E-state index contributed by atoms with van der Waals surface area (Å²) in [7, 11) is -3.84. The van der Waals surface area contributed by atoms with Crippen molar-refractivity contribution in [2.75, 3.05) is 5.75 Å². The minimum absolute atomic E-state index is 0.0230. The highest BCUT2D eigenvalue weighted by atomic mass is 32.2. The molecule has 1 aromatic rings. The standard InChI is InChI=1S/C16H20N2O5S/c1-4-6-12(5-2)23-13-7-9-14(10-8-13)24(21,22)11-16(3,17)15(19)18-20/h4-10,20H,1-2,11,17H2,3H3,(H,18,19)/b12-6+. The summed E-state index contributed by atoms with van der Waals surface area (Å²) in [5.74, 6) is -0.794. The molecule has 130 valence electrons. The fraction of sp³-hybridized carbons (Fsp3) is 0.188. The molecule has 0 spiro atoms. The molecule has 7 nitrogen and oxygen atoms in total. The third-order valence-electron chi connectivity index (χ3n) is 3.01. The van der Waals surface area contributed by atoms with Gasteiger partial charge in [0.15, 0.2) is 9.84 Å². The summed E-state index contributed by atoms with van der Waals surface area (Å²) in [5.41, 5.74) is 5.22. The number of hydrogen-bond donors (Lipinski definition) is 3. The zero-order valence-corrected chi connectivity index (χ0v) is 14.0. The molecule has 0 aliphatic heterocycles. The lowest BCUT2D eigenvalue weighted by molar-refractivity contribution is -0.133. The van der Waals surface area contributed by atoms with Crippen LogP contribution in [0.25, 0.3) is 0 Å². The Labute approximate surface area is 141 Å². The second-order valence-electron chi connectivity index (χ2n) is 5.20. The van der Waals surface area contributed by atoms with Gasteiger partial charge in [-0.2, -0.15) is 0 Å². The average molecular weight is 352 g/mol. The highest BCUT2D eigenvalue weighted by Gasteiger charge is 2.34. The maximum Gasteiger partial charge on any atom is 0.264 e. The van der Waals surface area contributed by atoms with Gasteiger partial charge in [0.1, 0.15) is 17.0 Å². The quantitative estimate of drug-likeness (QED) is 0.281. The van der Waals surface area contributed by atoms with Gasteiger partial charge in [0, 0.05) is 0 Å². The number of nitrogens with two attached hydrogens (primary N) is 1. The van der Waals surface area contributed by atoms with Crippen LogP contribution in [0.5, 0.6) is 5.75 Å². The number of hydrogen-bond acceptors (Lipinski definition) is 6. The first-order valence-electron chi connectivity index (χ1n) is 6.85. The SMILES string of the molecule is C=C/C=C(\C=C)Oc1ccc(S(=O)(=O)CC(C)(N)C(=O)NO)cc1. The summed E-state index contributed by atoms with van der Waals surface area (Å²) >= 11 is 0. The second-order valence-corrected chi connectivity index (χ2v) is 7.19. The van der Waals surface area contributed by atoms with E-state index in [0.29, 0.717) is 11.5 Å². The summed E-state index contributed by atoms with van der Waals surface area (Å²) in [6, 6.07) is 5.61. The van der Waals surface area contributed by atoms with Gasteiger partial charge in [0.2, 0.25) is 0 Å². The van der Waals surface area contributed by atoms with Crippen molar-refractivity contribution >= 4 is 15.7 Å². The van der Waals surface area contributed by atoms with E-state index in [4.69, 9.17) is 15.7 Å². The molecule has 1 aromatic carbocycles. The largest absolute Gasteiger partial charge is 0.457 e. The molecule has 1 rings (SSSR count). The molecule has 1 unspecified atom stereocenters. The lowest BCUT2D eigenvalue weighted by Crippen LogP contribution is -2.55. The number of hydroxylamine groups is 1. The lowest BCUT2D eigenvalue weighted by Gasteiger charge is -2.21. The zero-order chi connectivity index (χ0) is 18.4. The van der Waals surface area contributed by atoms with E-state index in [9.17, 15) is 13.2 Å². The normalized spacial score (nSPS) is 14.4. The van der Waals surface area contributed by atoms with E-state index in [1.165, 1.54) is 48.8 Å². The molecule has 0 aliphatic rings. The first-order valence-corrected chi connectivity index (χ1v) is 8.51. The van der Waals surface area contributed by atoms with Crippen LogP contribution in [0.3, 0.4) is 0 Å². The van der Waals surface area contributed by atoms with Crippen molar-refractivity contribution < 1.29 is 23.2 Å². The molecule has 0 aromatic heterocycles. The van der Waals surface area contributed by atoms with E-state index < -0.39 is 27.0 Å². The Balaban J connectivity index is 2.99. The Kier molecular flexibility index (Phi) is 6.47. The highest BCUT2D eigenvalue weighted by molar-refractivity contribution is 7.91. The number of benzene rings is 1. The Hall–Kier alpha value is -2.42. The number of sulfone groups is 1. The van der Waals surface area contributed by atoms with E-state index in [-0.39, 0.29) is 4.90 Å². The van der Waals surface area contributed by atoms with E-state index in [2.05, 4.69) is 13.2 Å². The predicted molar refractivity (Wildman–Crippen MR) is 90.1 cm³/mol. The second kappa shape index (κ2) is 7.91. The molecule has 0 bridgehead atoms. The Morgan fingerprint density at radius 3 is 2.42 bits per heavy atom. The van der Waals surface area contributed by atoms with Crippen molar-refractivity contribution in [3.8, 4) is 5.75 Å². The van der Waals surface area contributed by atoms with Crippen molar-refractivity contribution in [3.63, 3.8) is 0 Å². The average Bonchev–Trinajstić information content (AvgIpc) is 2.53. The predicted octanol–water partition coefficient (Wildman–Crippen LogP) is 1.32. The van der Waals surface area contributed by atoms with Crippen LogP contribution >= 0.6 is 0 Å². The summed E-state index contributed by atoms with van der Waals surface area (Å²) in [6.07, 6.45) is 4.62. The fourth-order valence-electron chi connectivity index (χ4n) is 1.78. The monoisotopic (exact) mass is 352 g/mol. The van der Waals surface area contributed by atoms with Gasteiger partial charge in [0.25, 0.3) is 5.91 Å². The Morgan fingerprint density at radius 2 is 1.96 bits per heavy atom. The molecule has 1 atom stereocenters. The third-order valence-corrected chi connectivity index (χ3v) is 4.98. The number of carbonyl (C=O) groups excluding carboxylic acids is 1. The smallest absolute Gasteiger partial charge is 0.264 e.